The molecule has 0 fully saturated rings. The molecule has 1 rings (SSSR count). The first kappa shape index (κ1) is 11.0. The van der Waals surface area contributed by atoms with E-state index in [0.717, 1.165) is 12.8 Å². The smallest absolute Gasteiger partial charge is 0.102 e. The Kier molecular flexibility index (Phi) is 5.04. The standard InChI is InChI=1S/C11H18N2O/c12-7-6-11(13)9-14-8-10-4-2-1-3-5-10/h1-4,8,11H,5-7,9,12-13H2. The van der Waals surface area contributed by atoms with Crippen LogP contribution in [0.1, 0.15) is 12.8 Å². The number of ether oxygens (including phenoxy) is 1. The third-order valence-corrected chi connectivity index (χ3v) is 1.99. The first-order chi connectivity index (χ1) is 6.83. The van der Waals surface area contributed by atoms with Crippen molar-refractivity contribution >= 4 is 0 Å². The molecule has 0 aromatic heterocycles. The molecule has 1 aliphatic carbocycles. The number of nitrogens with two attached hydrogens (primary N) is 2. The molecule has 0 radical (unpaired) electrons. The van der Waals surface area contributed by atoms with Gasteiger partial charge in [-0.1, -0.05) is 24.3 Å². The summed E-state index contributed by atoms with van der Waals surface area (Å²) in [6.07, 6.45) is 11.7. The molecule has 0 aliphatic heterocycles. The molecule has 14 heavy (non-hydrogen) atoms. The van der Waals surface area contributed by atoms with E-state index in [4.69, 9.17) is 16.2 Å². The number of hydrogen-bond acceptors (Lipinski definition) is 3. The third kappa shape index (κ3) is 4.25. The van der Waals surface area contributed by atoms with E-state index in [0.29, 0.717) is 13.2 Å². The molecule has 1 unspecified atom stereocenters. The molecule has 0 heterocycles. The minimum absolute atomic E-state index is 0.0416. The van der Waals surface area contributed by atoms with Crippen molar-refractivity contribution in [3.05, 3.63) is 36.1 Å². The van der Waals surface area contributed by atoms with E-state index in [9.17, 15) is 0 Å². The number of rotatable bonds is 5. The monoisotopic (exact) mass is 194 g/mol. The van der Waals surface area contributed by atoms with Crippen LogP contribution in [0.5, 0.6) is 0 Å². The van der Waals surface area contributed by atoms with E-state index in [1.165, 1.54) is 5.57 Å². The molecule has 1 atom stereocenters. The molecule has 0 saturated heterocycles. The fourth-order valence-corrected chi connectivity index (χ4v) is 1.19. The summed E-state index contributed by atoms with van der Waals surface area (Å²) < 4.78 is 5.36. The average molecular weight is 194 g/mol. The fourth-order valence-electron chi connectivity index (χ4n) is 1.19. The first-order valence-corrected chi connectivity index (χ1v) is 4.92. The Morgan fingerprint density at radius 3 is 3.00 bits per heavy atom. The third-order valence-electron chi connectivity index (χ3n) is 1.99. The van der Waals surface area contributed by atoms with Crippen LogP contribution in [0.15, 0.2) is 36.1 Å². The minimum Gasteiger partial charge on any atom is -0.499 e. The zero-order valence-electron chi connectivity index (χ0n) is 8.36. The Labute approximate surface area is 85.1 Å². The van der Waals surface area contributed by atoms with E-state index >= 15 is 0 Å². The molecule has 0 amide bonds. The van der Waals surface area contributed by atoms with Gasteiger partial charge in [0.25, 0.3) is 0 Å². The van der Waals surface area contributed by atoms with Crippen molar-refractivity contribution in [3.63, 3.8) is 0 Å². The Morgan fingerprint density at radius 1 is 1.50 bits per heavy atom. The minimum atomic E-state index is 0.0416. The Bertz CT molecular complexity index is 244. The zero-order chi connectivity index (χ0) is 10.2. The van der Waals surface area contributed by atoms with Gasteiger partial charge in [-0.25, -0.2) is 0 Å². The van der Waals surface area contributed by atoms with E-state index < -0.39 is 0 Å². The van der Waals surface area contributed by atoms with E-state index in [1.54, 1.807) is 6.26 Å². The summed E-state index contributed by atoms with van der Waals surface area (Å²) in [7, 11) is 0. The van der Waals surface area contributed by atoms with Crippen molar-refractivity contribution in [2.45, 2.75) is 18.9 Å². The molecule has 3 nitrogen and oxygen atoms in total. The summed E-state index contributed by atoms with van der Waals surface area (Å²) in [5.41, 5.74) is 12.3. The zero-order valence-corrected chi connectivity index (χ0v) is 8.36. The lowest BCUT2D eigenvalue weighted by Crippen LogP contribution is -2.28. The summed E-state index contributed by atoms with van der Waals surface area (Å²) in [6.45, 7) is 1.15. The maximum absolute atomic E-state index is 5.73. The Morgan fingerprint density at radius 2 is 2.36 bits per heavy atom. The van der Waals surface area contributed by atoms with Gasteiger partial charge in [-0.3, -0.25) is 0 Å². The van der Waals surface area contributed by atoms with E-state index in [1.807, 2.05) is 18.2 Å². The molecular formula is C11H18N2O. The van der Waals surface area contributed by atoms with Gasteiger partial charge in [0.05, 0.1) is 6.26 Å². The highest BCUT2D eigenvalue weighted by molar-refractivity contribution is 5.28. The van der Waals surface area contributed by atoms with Crippen molar-refractivity contribution < 1.29 is 4.74 Å². The van der Waals surface area contributed by atoms with Crippen LogP contribution in [-0.2, 0) is 4.74 Å². The van der Waals surface area contributed by atoms with Crippen LogP contribution >= 0.6 is 0 Å². The fraction of sp³-hybridized carbons (Fsp3) is 0.455. The summed E-state index contributed by atoms with van der Waals surface area (Å²) in [5.74, 6) is 0. The molecule has 0 bridgehead atoms. The van der Waals surface area contributed by atoms with E-state index in [-0.39, 0.29) is 6.04 Å². The van der Waals surface area contributed by atoms with Gasteiger partial charge in [-0.05, 0) is 25.0 Å². The molecular weight excluding hydrogens is 176 g/mol. The van der Waals surface area contributed by atoms with Crippen LogP contribution in [0.4, 0.5) is 0 Å². The first-order valence-electron chi connectivity index (χ1n) is 4.92. The lowest BCUT2D eigenvalue weighted by atomic mass is 10.1. The van der Waals surface area contributed by atoms with Crippen molar-refractivity contribution in [1.82, 2.24) is 0 Å². The summed E-state index contributed by atoms with van der Waals surface area (Å²) >= 11 is 0. The van der Waals surface area contributed by atoms with Crippen LogP contribution in [-0.4, -0.2) is 19.2 Å². The highest BCUT2D eigenvalue weighted by atomic mass is 16.5. The van der Waals surface area contributed by atoms with Gasteiger partial charge in [0.1, 0.15) is 6.61 Å². The topological polar surface area (TPSA) is 61.3 Å². The van der Waals surface area contributed by atoms with Crippen LogP contribution < -0.4 is 11.5 Å². The maximum Gasteiger partial charge on any atom is 0.102 e. The Hall–Kier alpha value is -1.06. The summed E-state index contributed by atoms with van der Waals surface area (Å²) in [6, 6.07) is 0.0416. The van der Waals surface area contributed by atoms with Crippen LogP contribution in [0.25, 0.3) is 0 Å². The summed E-state index contributed by atoms with van der Waals surface area (Å²) in [4.78, 5) is 0. The van der Waals surface area contributed by atoms with E-state index in [2.05, 4.69) is 6.08 Å². The Balaban J connectivity index is 2.19. The normalized spacial score (nSPS) is 20.0. The maximum atomic E-state index is 5.73. The molecule has 78 valence electrons. The van der Waals surface area contributed by atoms with Gasteiger partial charge in [-0.2, -0.15) is 0 Å². The molecule has 0 spiro atoms. The van der Waals surface area contributed by atoms with Crippen molar-refractivity contribution in [1.29, 1.82) is 0 Å². The highest BCUT2D eigenvalue weighted by Gasteiger charge is 2.00. The average Bonchev–Trinajstić information content (AvgIpc) is 2.20. The predicted molar refractivity (Wildman–Crippen MR) is 58.6 cm³/mol. The lowest BCUT2D eigenvalue weighted by molar-refractivity contribution is 0.221. The lowest BCUT2D eigenvalue weighted by Gasteiger charge is -2.10. The molecule has 4 N–H and O–H groups in total. The molecule has 0 saturated carbocycles. The molecule has 0 aromatic rings. The highest BCUT2D eigenvalue weighted by Crippen LogP contribution is 2.09. The second kappa shape index (κ2) is 6.40. The number of allylic oxidation sites excluding steroid dienone is 5. The predicted octanol–water partition coefficient (Wildman–Crippen LogP) is 1.08. The van der Waals surface area contributed by atoms with Crippen LogP contribution in [0.2, 0.25) is 0 Å². The van der Waals surface area contributed by atoms with Gasteiger partial charge in [-0.15, -0.1) is 0 Å². The van der Waals surface area contributed by atoms with Gasteiger partial charge in [0.15, 0.2) is 0 Å². The second-order valence-corrected chi connectivity index (χ2v) is 3.35. The SMILES string of the molecule is NCCC(N)COC=C1C=CC=CC1. The van der Waals surface area contributed by atoms with Crippen molar-refractivity contribution in [2.75, 3.05) is 13.2 Å². The largest absolute Gasteiger partial charge is 0.499 e. The summed E-state index contributed by atoms with van der Waals surface area (Å²) in [5, 5.41) is 0. The molecule has 3 heteroatoms. The molecule has 1 aliphatic rings. The van der Waals surface area contributed by atoms with Gasteiger partial charge in [0, 0.05) is 6.04 Å². The van der Waals surface area contributed by atoms with Crippen LogP contribution in [0, 0.1) is 0 Å². The molecule has 0 aromatic carbocycles. The number of hydrogen-bond donors (Lipinski definition) is 2. The second-order valence-electron chi connectivity index (χ2n) is 3.35. The van der Waals surface area contributed by atoms with Gasteiger partial charge >= 0.3 is 0 Å². The van der Waals surface area contributed by atoms with Crippen molar-refractivity contribution in [3.8, 4) is 0 Å². The van der Waals surface area contributed by atoms with Crippen molar-refractivity contribution in [2.24, 2.45) is 11.5 Å². The van der Waals surface area contributed by atoms with Crippen LogP contribution in [0.3, 0.4) is 0 Å². The quantitative estimate of drug-likeness (QED) is 0.644. The van der Waals surface area contributed by atoms with Gasteiger partial charge in [0.2, 0.25) is 0 Å². The van der Waals surface area contributed by atoms with Gasteiger partial charge < -0.3 is 16.2 Å².